The topological polar surface area (TPSA) is 108 Å². The predicted octanol–water partition coefficient (Wildman–Crippen LogP) is 3.17. The van der Waals surface area contributed by atoms with Gasteiger partial charge in [-0.3, -0.25) is 14.5 Å². The Kier molecular flexibility index (Phi) is 6.42. The van der Waals surface area contributed by atoms with Crippen LogP contribution in [0.25, 0.3) is 0 Å². The molecule has 1 heterocycles. The van der Waals surface area contributed by atoms with Gasteiger partial charge >= 0.3 is 18.3 Å². The third-order valence-electron chi connectivity index (χ3n) is 7.86. The molecule has 13 heteroatoms. The molecule has 1 saturated heterocycles. The SMILES string of the molecule is CNC(=O)NC1=CC=C2C(CC[C@]23CN(CC(=O)N(Cc2ccc(F)cc2)C2(C(F)(F)F)CC2)C(=O)O3)C1=O. The lowest BCUT2D eigenvalue weighted by Gasteiger charge is -2.34. The quantitative estimate of drug-likeness (QED) is 0.530. The van der Waals surface area contributed by atoms with Gasteiger partial charge in [-0.1, -0.05) is 18.2 Å². The number of Topliss-reactive ketones (excluding diaryl/α,β-unsaturated/α-hetero) is 1. The molecule has 0 radical (unpaired) electrons. The van der Waals surface area contributed by atoms with E-state index in [0.717, 1.165) is 21.9 Å². The summed E-state index contributed by atoms with van der Waals surface area (Å²) in [5.74, 6) is -2.45. The summed E-state index contributed by atoms with van der Waals surface area (Å²) in [7, 11) is 1.41. The van der Waals surface area contributed by atoms with Crippen LogP contribution in [0.2, 0.25) is 0 Å². The Bertz CT molecular complexity index is 1290. The number of carbonyl (C=O) groups is 4. The van der Waals surface area contributed by atoms with Crippen LogP contribution >= 0.6 is 0 Å². The maximum atomic E-state index is 14.0. The monoisotopic (exact) mass is 550 g/mol. The zero-order valence-electron chi connectivity index (χ0n) is 20.9. The number of hydrogen-bond acceptors (Lipinski definition) is 5. The Morgan fingerprint density at radius 2 is 1.82 bits per heavy atom. The van der Waals surface area contributed by atoms with E-state index in [0.29, 0.717) is 17.6 Å². The van der Waals surface area contributed by atoms with Crippen molar-refractivity contribution in [3.63, 3.8) is 0 Å². The first-order chi connectivity index (χ1) is 18.4. The number of rotatable bonds is 6. The molecule has 1 aromatic rings. The van der Waals surface area contributed by atoms with E-state index in [4.69, 9.17) is 4.74 Å². The highest BCUT2D eigenvalue weighted by atomic mass is 19.4. The van der Waals surface area contributed by atoms with E-state index in [1.807, 2.05) is 0 Å². The molecular weight excluding hydrogens is 524 g/mol. The number of ether oxygens (including phenoxy) is 1. The van der Waals surface area contributed by atoms with Gasteiger partial charge in [0.05, 0.1) is 12.2 Å². The van der Waals surface area contributed by atoms with Crippen LogP contribution in [0.15, 0.2) is 47.7 Å². The van der Waals surface area contributed by atoms with Crippen LogP contribution in [0, 0.1) is 11.7 Å². The van der Waals surface area contributed by atoms with Crippen LogP contribution in [-0.4, -0.2) is 71.1 Å². The second-order valence-electron chi connectivity index (χ2n) is 10.2. The number of carbonyl (C=O) groups excluding carboxylic acids is 4. The van der Waals surface area contributed by atoms with Crippen LogP contribution in [0.1, 0.15) is 31.2 Å². The summed E-state index contributed by atoms with van der Waals surface area (Å²) in [5, 5.41) is 4.82. The Balaban J connectivity index is 1.35. The molecular formula is C26H26F4N4O5. The highest BCUT2D eigenvalue weighted by molar-refractivity contribution is 6.03. The van der Waals surface area contributed by atoms with Crippen LogP contribution < -0.4 is 10.6 Å². The number of nitrogens with one attached hydrogen (secondary N) is 2. The average Bonchev–Trinajstić information content (AvgIpc) is 3.55. The molecule has 2 saturated carbocycles. The van der Waals surface area contributed by atoms with Crippen molar-refractivity contribution in [2.45, 2.75) is 49.5 Å². The molecule has 208 valence electrons. The molecule has 1 unspecified atom stereocenters. The maximum absolute atomic E-state index is 14.0. The van der Waals surface area contributed by atoms with E-state index in [9.17, 15) is 36.7 Å². The van der Waals surface area contributed by atoms with Crippen LogP contribution in [0.4, 0.5) is 27.2 Å². The smallest absolute Gasteiger partial charge is 0.411 e. The minimum atomic E-state index is -4.69. The fourth-order valence-corrected chi connectivity index (χ4v) is 5.63. The van der Waals surface area contributed by atoms with E-state index < -0.39 is 60.2 Å². The zero-order chi connectivity index (χ0) is 28.2. The summed E-state index contributed by atoms with van der Waals surface area (Å²) >= 11 is 0. The van der Waals surface area contributed by atoms with Crippen molar-refractivity contribution in [2.75, 3.05) is 20.1 Å². The fraction of sp³-hybridized carbons (Fsp3) is 0.462. The second kappa shape index (κ2) is 9.38. The predicted molar refractivity (Wildman–Crippen MR) is 127 cm³/mol. The number of allylic oxidation sites excluding steroid dienone is 3. The van der Waals surface area contributed by atoms with Crippen LogP contribution in [0.5, 0.6) is 0 Å². The third-order valence-corrected chi connectivity index (χ3v) is 7.86. The number of benzene rings is 1. The van der Waals surface area contributed by atoms with Gasteiger partial charge in [0.15, 0.2) is 11.4 Å². The molecule has 0 aromatic heterocycles. The van der Waals surface area contributed by atoms with Crippen molar-refractivity contribution in [2.24, 2.45) is 5.92 Å². The van der Waals surface area contributed by atoms with Crippen molar-refractivity contribution in [1.29, 1.82) is 0 Å². The van der Waals surface area contributed by atoms with Gasteiger partial charge in [-0.15, -0.1) is 0 Å². The molecule has 1 spiro atoms. The molecule has 2 atom stereocenters. The first-order valence-electron chi connectivity index (χ1n) is 12.4. The Hall–Kier alpha value is -3.90. The highest BCUT2D eigenvalue weighted by Crippen LogP contribution is 2.54. The third kappa shape index (κ3) is 4.63. The maximum Gasteiger partial charge on any atom is 0.411 e. The minimum Gasteiger partial charge on any atom is -0.436 e. The van der Waals surface area contributed by atoms with Gasteiger partial charge in [-0.05, 0) is 55.0 Å². The van der Waals surface area contributed by atoms with Gasteiger partial charge in [0.2, 0.25) is 5.91 Å². The molecule has 4 amide bonds. The van der Waals surface area contributed by atoms with Crippen LogP contribution in [-0.2, 0) is 20.9 Å². The molecule has 1 aromatic carbocycles. The summed E-state index contributed by atoms with van der Waals surface area (Å²) in [4.78, 5) is 52.5. The molecule has 1 aliphatic heterocycles. The molecule has 4 aliphatic rings. The standard InChI is InChI=1S/C26H26F4N4O5/c1-31-22(37)32-19-7-6-18-17(21(19)36)8-9-24(18)14-33(23(38)39-24)13-20(35)34(25(10-11-25)26(28,29)30)12-15-2-4-16(27)5-3-15/h2-7,17H,8-14H2,1H3,(H2,31,32,37)/t17?,24-/m0/s1. The Labute approximate surface area is 220 Å². The van der Waals surface area contributed by atoms with E-state index in [1.165, 1.54) is 25.3 Å². The van der Waals surface area contributed by atoms with E-state index >= 15 is 0 Å². The van der Waals surface area contributed by atoms with Gasteiger partial charge in [0.25, 0.3) is 0 Å². The Morgan fingerprint density at radius 1 is 1.13 bits per heavy atom. The lowest BCUT2D eigenvalue weighted by atomic mass is 9.85. The van der Waals surface area contributed by atoms with Crippen molar-refractivity contribution in [3.8, 4) is 0 Å². The number of urea groups is 1. The average molecular weight is 551 g/mol. The number of nitrogens with zero attached hydrogens (tertiary/aromatic N) is 2. The summed E-state index contributed by atoms with van der Waals surface area (Å²) in [6.45, 7) is -1.16. The van der Waals surface area contributed by atoms with Gasteiger partial charge < -0.3 is 20.3 Å². The number of fused-ring (bicyclic) bond motifs is 2. The fourth-order valence-electron chi connectivity index (χ4n) is 5.63. The van der Waals surface area contributed by atoms with E-state index in [-0.39, 0.29) is 37.3 Å². The molecule has 0 bridgehead atoms. The summed E-state index contributed by atoms with van der Waals surface area (Å²) in [6, 6.07) is 4.27. The normalized spacial score (nSPS) is 25.1. The summed E-state index contributed by atoms with van der Waals surface area (Å²) < 4.78 is 61.1. The molecule has 5 rings (SSSR count). The molecule has 2 N–H and O–H groups in total. The highest BCUT2D eigenvalue weighted by Gasteiger charge is 2.68. The first kappa shape index (κ1) is 26.7. The molecule has 3 aliphatic carbocycles. The number of hydrogen-bond donors (Lipinski definition) is 2. The second-order valence-corrected chi connectivity index (χ2v) is 10.2. The van der Waals surface area contributed by atoms with Crippen LogP contribution in [0.3, 0.4) is 0 Å². The Morgan fingerprint density at radius 3 is 2.44 bits per heavy atom. The lowest BCUT2D eigenvalue weighted by molar-refractivity contribution is -0.202. The molecule has 9 nitrogen and oxygen atoms in total. The van der Waals surface area contributed by atoms with E-state index in [1.54, 1.807) is 6.08 Å². The van der Waals surface area contributed by atoms with Crippen molar-refractivity contribution < 1.29 is 41.5 Å². The first-order valence-corrected chi connectivity index (χ1v) is 12.4. The van der Waals surface area contributed by atoms with Crippen molar-refractivity contribution in [1.82, 2.24) is 20.4 Å². The van der Waals surface area contributed by atoms with Gasteiger partial charge in [-0.2, -0.15) is 13.2 Å². The number of halogens is 4. The zero-order valence-corrected chi connectivity index (χ0v) is 20.9. The van der Waals surface area contributed by atoms with Gasteiger partial charge in [0, 0.05) is 19.5 Å². The van der Waals surface area contributed by atoms with Gasteiger partial charge in [0.1, 0.15) is 17.9 Å². The number of ketones is 1. The lowest BCUT2D eigenvalue weighted by Crippen LogP contribution is -2.53. The number of amides is 4. The van der Waals surface area contributed by atoms with Crippen molar-refractivity contribution >= 4 is 23.8 Å². The summed E-state index contributed by atoms with van der Waals surface area (Å²) in [6.07, 6.45) is -2.46. The minimum absolute atomic E-state index is 0.0924. The van der Waals surface area contributed by atoms with E-state index in [2.05, 4.69) is 10.6 Å². The largest absolute Gasteiger partial charge is 0.436 e. The summed E-state index contributed by atoms with van der Waals surface area (Å²) in [5.41, 5.74) is -2.62. The number of alkyl halides is 3. The van der Waals surface area contributed by atoms with Gasteiger partial charge in [-0.25, -0.2) is 14.0 Å². The molecule has 39 heavy (non-hydrogen) atoms. The van der Waals surface area contributed by atoms with Crippen molar-refractivity contribution in [3.05, 3.63) is 59.1 Å². The molecule has 3 fully saturated rings.